The van der Waals surface area contributed by atoms with Gasteiger partial charge in [-0.2, -0.15) is 0 Å². The molecule has 0 bridgehead atoms. The number of nitrogens with zero attached hydrogens (tertiary/aromatic N) is 1. The van der Waals surface area contributed by atoms with Crippen molar-refractivity contribution in [1.29, 1.82) is 0 Å². The molecular weight excluding hydrogens is 205 g/mol. The van der Waals surface area contributed by atoms with Crippen LogP contribution in [-0.4, -0.2) is 26.1 Å². The highest BCUT2D eigenvalue weighted by Gasteiger charge is 2.19. The monoisotopic (exact) mass is 227 g/mol. The molecule has 0 aliphatic carbocycles. The van der Waals surface area contributed by atoms with Crippen LogP contribution in [0.3, 0.4) is 0 Å². The summed E-state index contributed by atoms with van der Waals surface area (Å²) in [6, 6.07) is 0. The summed E-state index contributed by atoms with van der Waals surface area (Å²) < 4.78 is 12.1. The van der Waals surface area contributed by atoms with Crippen LogP contribution in [0.1, 0.15) is 20.3 Å². The van der Waals surface area contributed by atoms with E-state index in [2.05, 4.69) is 25.4 Å². The highest BCUT2D eigenvalue weighted by molar-refractivity contribution is 7.68. The van der Waals surface area contributed by atoms with E-state index in [1.807, 2.05) is 6.08 Å². The molecule has 0 saturated carbocycles. The first-order valence-electron chi connectivity index (χ1n) is 5.17. The quantitative estimate of drug-likeness (QED) is 0.399. The summed E-state index contributed by atoms with van der Waals surface area (Å²) in [6.07, 6.45) is 4.37. The van der Waals surface area contributed by atoms with Gasteiger partial charge in [-0.3, -0.25) is 4.99 Å². The largest absolute Gasteiger partial charge is 0.319 e. The van der Waals surface area contributed by atoms with Gasteiger partial charge in [-0.1, -0.05) is 32.6 Å². The van der Waals surface area contributed by atoms with Crippen molar-refractivity contribution < 1.29 is 4.57 Å². The Kier molecular flexibility index (Phi) is 5.82. The van der Waals surface area contributed by atoms with Crippen LogP contribution in [0, 0.1) is 5.92 Å². The van der Waals surface area contributed by atoms with Crippen LogP contribution in [-0.2, 0) is 4.57 Å². The minimum absolute atomic E-state index is 0.517. The molecular formula is C12H22NOP. The molecule has 0 unspecified atom stereocenters. The van der Waals surface area contributed by atoms with Crippen molar-refractivity contribution in [3.63, 3.8) is 0 Å². The Balaban J connectivity index is 5.17. The molecule has 0 aromatic heterocycles. The molecule has 0 spiro atoms. The van der Waals surface area contributed by atoms with E-state index in [9.17, 15) is 4.57 Å². The molecule has 15 heavy (non-hydrogen) atoms. The summed E-state index contributed by atoms with van der Waals surface area (Å²) in [7, 11) is -0.508. The molecule has 0 fully saturated rings. The molecule has 0 saturated heterocycles. The van der Waals surface area contributed by atoms with E-state index in [4.69, 9.17) is 0 Å². The lowest BCUT2D eigenvalue weighted by molar-refractivity contribution is 0.587. The molecule has 0 aromatic rings. The predicted molar refractivity (Wildman–Crippen MR) is 70.5 cm³/mol. The van der Waals surface area contributed by atoms with Crippen molar-refractivity contribution in [3.05, 3.63) is 24.0 Å². The van der Waals surface area contributed by atoms with Crippen molar-refractivity contribution >= 4 is 12.9 Å². The maximum Gasteiger partial charge on any atom is 0.111 e. The van der Waals surface area contributed by atoms with Gasteiger partial charge in [-0.15, -0.1) is 0 Å². The molecule has 0 aromatic carbocycles. The van der Waals surface area contributed by atoms with Crippen molar-refractivity contribution in [2.45, 2.75) is 20.3 Å². The van der Waals surface area contributed by atoms with Gasteiger partial charge in [0.15, 0.2) is 0 Å². The summed E-state index contributed by atoms with van der Waals surface area (Å²) in [5, 5.41) is 0.855. The fourth-order valence-corrected chi connectivity index (χ4v) is 2.67. The van der Waals surface area contributed by atoms with E-state index in [0.29, 0.717) is 5.92 Å². The number of aliphatic imine (C=N–C) groups is 1. The second-order valence-electron chi connectivity index (χ2n) is 4.41. The zero-order valence-corrected chi connectivity index (χ0v) is 11.3. The van der Waals surface area contributed by atoms with Gasteiger partial charge in [0.05, 0.1) is 0 Å². The third kappa shape index (κ3) is 5.13. The Morgan fingerprint density at radius 3 is 2.27 bits per heavy atom. The van der Waals surface area contributed by atoms with Crippen LogP contribution < -0.4 is 0 Å². The van der Waals surface area contributed by atoms with Crippen LogP contribution in [0.2, 0.25) is 0 Å². The highest BCUT2D eigenvalue weighted by Crippen LogP contribution is 2.47. The molecule has 0 amide bonds. The number of rotatable bonds is 5. The van der Waals surface area contributed by atoms with Gasteiger partial charge in [-0.05, 0) is 25.7 Å². The topological polar surface area (TPSA) is 29.4 Å². The van der Waals surface area contributed by atoms with Crippen LogP contribution in [0.15, 0.2) is 29.0 Å². The fourth-order valence-electron chi connectivity index (χ4n) is 1.40. The Morgan fingerprint density at radius 1 is 1.47 bits per heavy atom. The van der Waals surface area contributed by atoms with E-state index in [0.717, 1.165) is 17.4 Å². The molecule has 0 radical (unpaired) electrons. The van der Waals surface area contributed by atoms with Gasteiger partial charge in [0, 0.05) is 18.1 Å². The van der Waals surface area contributed by atoms with Crippen LogP contribution in [0.5, 0.6) is 0 Å². The molecule has 86 valence electrons. The van der Waals surface area contributed by atoms with Crippen molar-refractivity contribution in [2.24, 2.45) is 10.9 Å². The summed E-state index contributed by atoms with van der Waals surface area (Å²) in [4.78, 5) is 4.24. The molecule has 0 N–H and O–H groups in total. The van der Waals surface area contributed by atoms with Crippen LogP contribution in [0.4, 0.5) is 0 Å². The molecule has 0 heterocycles. The van der Waals surface area contributed by atoms with Gasteiger partial charge < -0.3 is 4.57 Å². The molecule has 3 heteroatoms. The smallest absolute Gasteiger partial charge is 0.111 e. The van der Waals surface area contributed by atoms with E-state index in [1.54, 1.807) is 26.5 Å². The van der Waals surface area contributed by atoms with Gasteiger partial charge in [0.1, 0.15) is 7.14 Å². The average molecular weight is 227 g/mol. The normalized spacial score (nSPS) is 14.5. The summed E-state index contributed by atoms with van der Waals surface area (Å²) in [5.41, 5.74) is 0.943. The van der Waals surface area contributed by atoms with Crippen LogP contribution in [0.25, 0.3) is 0 Å². The number of allylic oxidation sites excluding steroid dienone is 3. The summed E-state index contributed by atoms with van der Waals surface area (Å²) in [6.45, 7) is 11.5. The van der Waals surface area contributed by atoms with Crippen molar-refractivity contribution in [2.75, 3.05) is 20.4 Å². The molecule has 0 rings (SSSR count). The van der Waals surface area contributed by atoms with E-state index < -0.39 is 7.14 Å². The molecule has 0 aliphatic heterocycles. The maximum absolute atomic E-state index is 12.1. The predicted octanol–water partition coefficient (Wildman–Crippen LogP) is 3.80. The van der Waals surface area contributed by atoms with Gasteiger partial charge in [0.2, 0.25) is 0 Å². The lowest BCUT2D eigenvalue weighted by atomic mass is 10.1. The third-order valence-corrected chi connectivity index (χ3v) is 3.59. The lowest BCUT2D eigenvalue weighted by Gasteiger charge is -2.16. The Hall–Kier alpha value is -0.620. The zero-order chi connectivity index (χ0) is 12.1. The summed E-state index contributed by atoms with van der Waals surface area (Å²) in [5.74, 6) is 0.517. The van der Waals surface area contributed by atoms with E-state index in [1.165, 1.54) is 0 Å². The zero-order valence-electron chi connectivity index (χ0n) is 10.4. The van der Waals surface area contributed by atoms with E-state index in [-0.39, 0.29) is 0 Å². The van der Waals surface area contributed by atoms with Gasteiger partial charge in [-0.25, -0.2) is 0 Å². The first-order valence-corrected chi connectivity index (χ1v) is 7.77. The first kappa shape index (κ1) is 14.4. The highest BCUT2D eigenvalue weighted by atomic mass is 31.2. The minimum atomic E-state index is -2.26. The number of hydrogen-bond acceptors (Lipinski definition) is 2. The van der Waals surface area contributed by atoms with Gasteiger partial charge in [0.25, 0.3) is 0 Å². The summed E-state index contributed by atoms with van der Waals surface area (Å²) >= 11 is 0. The SMILES string of the molecule is C=C/C=C(\C(CC(C)C)=NC)P(C)(C)=O. The minimum Gasteiger partial charge on any atom is -0.319 e. The fraction of sp³-hybridized carbons (Fsp3) is 0.583. The first-order chi connectivity index (χ1) is 6.82. The van der Waals surface area contributed by atoms with Gasteiger partial charge >= 0.3 is 0 Å². The second kappa shape index (κ2) is 6.07. The molecule has 0 aliphatic rings. The standard InChI is InChI=1S/C12H22NOP/c1-7-8-12(15(5,6)14)11(13-4)9-10(2)3/h7-8,10H,1,9H2,2-6H3/b12-8+,13-11?. The Morgan fingerprint density at radius 2 is 2.00 bits per heavy atom. The average Bonchev–Trinajstić information content (AvgIpc) is 2.08. The maximum atomic E-state index is 12.1. The van der Waals surface area contributed by atoms with Crippen molar-refractivity contribution in [3.8, 4) is 0 Å². The Bertz CT molecular complexity index is 321. The third-order valence-electron chi connectivity index (χ3n) is 2.02. The lowest BCUT2D eigenvalue weighted by Crippen LogP contribution is -2.07. The van der Waals surface area contributed by atoms with Crippen LogP contribution >= 0.6 is 7.14 Å². The van der Waals surface area contributed by atoms with E-state index >= 15 is 0 Å². The molecule has 2 nitrogen and oxygen atoms in total. The second-order valence-corrected chi connectivity index (χ2v) is 7.59. The van der Waals surface area contributed by atoms with Crippen molar-refractivity contribution in [1.82, 2.24) is 0 Å². The number of hydrogen-bond donors (Lipinski definition) is 0. The Labute approximate surface area is 93.6 Å². The molecule has 0 atom stereocenters.